The minimum atomic E-state index is -4.89. The average molecular weight is 677 g/mol. The van der Waals surface area contributed by atoms with Crippen molar-refractivity contribution in [3.63, 3.8) is 0 Å². The fraction of sp³-hybridized carbons (Fsp3) is 0.300. The molecular formula is C30H35F3N8O5S. The lowest BCUT2D eigenvalue weighted by molar-refractivity contribution is -0.137. The number of rotatable bonds is 13. The highest BCUT2D eigenvalue weighted by atomic mass is 32.2. The Labute approximate surface area is 270 Å². The zero-order valence-corrected chi connectivity index (χ0v) is 27.4. The third-order valence-electron chi connectivity index (χ3n) is 7.15. The first-order chi connectivity index (χ1) is 22.1. The molecule has 0 atom stereocenters. The quantitative estimate of drug-likeness (QED) is 0.175. The normalized spacial score (nSPS) is 11.9. The van der Waals surface area contributed by atoms with Gasteiger partial charge < -0.3 is 29.9 Å². The van der Waals surface area contributed by atoms with E-state index in [0.717, 1.165) is 16.2 Å². The molecule has 2 aromatic carbocycles. The number of hydrogen-bond acceptors (Lipinski definition) is 10. The number of likely N-dealkylation sites (N-methyl/N-ethyl adjacent to an activating group) is 2. The molecule has 4 rings (SSSR count). The predicted octanol–water partition coefficient (Wildman–Crippen LogP) is 4.31. The molecule has 47 heavy (non-hydrogen) atoms. The lowest BCUT2D eigenvalue weighted by Crippen LogP contribution is -2.29. The molecule has 0 unspecified atom stereocenters. The maximum atomic E-state index is 14.3. The largest absolute Gasteiger partial charge is 0.497 e. The number of nitrogens with one attached hydrogen (secondary N) is 3. The summed E-state index contributed by atoms with van der Waals surface area (Å²) in [6, 6.07) is 7.54. The standard InChI is InChI=1S/C30H35F3N8O5S/c1-8-27(42)36-22-14-23(26(46-7)15-25(22)40(5)12-11-39(3)4)37-29-35-16-21(30(31,32)33)28(38-29)20-17-41(47(43,44)34-2)24-13-18(45-6)9-10-19(20)24/h8-10,13-17,34H,1,11-12H2,2-7H3,(H,36,42)(H,35,37,38). The minimum absolute atomic E-state index is 0.0631. The number of anilines is 4. The Morgan fingerprint density at radius 2 is 1.81 bits per heavy atom. The molecule has 0 aliphatic rings. The van der Waals surface area contributed by atoms with Crippen molar-refractivity contribution in [3.05, 3.63) is 60.9 Å². The number of methoxy groups -OCH3 is 2. The summed E-state index contributed by atoms with van der Waals surface area (Å²) in [4.78, 5) is 24.4. The number of alkyl halides is 3. The first kappa shape index (κ1) is 35.0. The van der Waals surface area contributed by atoms with Crippen molar-refractivity contribution in [2.75, 3.05) is 71.0 Å². The molecule has 0 bridgehead atoms. The Hall–Kier alpha value is -4.87. The number of nitrogens with zero attached hydrogens (tertiary/aromatic N) is 5. The van der Waals surface area contributed by atoms with E-state index in [4.69, 9.17) is 9.47 Å². The molecule has 0 aliphatic heterocycles. The van der Waals surface area contributed by atoms with Crippen LogP contribution in [-0.2, 0) is 21.2 Å². The van der Waals surface area contributed by atoms with E-state index in [2.05, 4.69) is 31.9 Å². The molecule has 2 aromatic heterocycles. The number of carbonyl (C=O) groups is 1. The molecule has 2 heterocycles. The van der Waals surface area contributed by atoms with Crippen LogP contribution in [0.5, 0.6) is 11.5 Å². The second-order valence-electron chi connectivity index (χ2n) is 10.5. The number of aromatic nitrogens is 3. The predicted molar refractivity (Wildman–Crippen MR) is 175 cm³/mol. The fourth-order valence-electron chi connectivity index (χ4n) is 4.67. The van der Waals surface area contributed by atoms with Gasteiger partial charge in [-0.05, 0) is 38.4 Å². The lowest BCUT2D eigenvalue weighted by atomic mass is 10.1. The van der Waals surface area contributed by atoms with Crippen LogP contribution in [0.3, 0.4) is 0 Å². The molecule has 252 valence electrons. The van der Waals surface area contributed by atoms with E-state index < -0.39 is 33.6 Å². The van der Waals surface area contributed by atoms with Gasteiger partial charge in [0.25, 0.3) is 0 Å². The van der Waals surface area contributed by atoms with Crippen molar-refractivity contribution >= 4 is 50.0 Å². The highest BCUT2D eigenvalue weighted by Crippen LogP contribution is 2.42. The van der Waals surface area contributed by atoms with Gasteiger partial charge in [0.1, 0.15) is 17.1 Å². The van der Waals surface area contributed by atoms with Crippen LogP contribution >= 0.6 is 0 Å². The SMILES string of the molecule is C=CC(=O)Nc1cc(Nc2ncc(C(F)(F)F)c(-c3cn(S(=O)(=O)NC)c4cc(OC)ccc34)n2)c(OC)cc1N(C)CCN(C)C. The topological polar surface area (TPSA) is 143 Å². The summed E-state index contributed by atoms with van der Waals surface area (Å²) in [5.41, 5.74) is -0.630. The highest BCUT2D eigenvalue weighted by Gasteiger charge is 2.37. The average Bonchev–Trinajstić information content (AvgIpc) is 3.42. The molecule has 3 N–H and O–H groups in total. The van der Waals surface area contributed by atoms with Gasteiger partial charge >= 0.3 is 16.4 Å². The van der Waals surface area contributed by atoms with Crippen molar-refractivity contribution in [2.45, 2.75) is 6.18 Å². The molecule has 13 nitrogen and oxygen atoms in total. The van der Waals surface area contributed by atoms with Gasteiger partial charge in [-0.3, -0.25) is 4.79 Å². The zero-order valence-electron chi connectivity index (χ0n) is 26.6. The minimum Gasteiger partial charge on any atom is -0.497 e. The Bertz CT molecular complexity index is 1910. The van der Waals surface area contributed by atoms with E-state index in [9.17, 15) is 26.4 Å². The van der Waals surface area contributed by atoms with E-state index in [-0.39, 0.29) is 39.6 Å². The van der Waals surface area contributed by atoms with Crippen LogP contribution in [0.2, 0.25) is 0 Å². The Morgan fingerprint density at radius 1 is 1.09 bits per heavy atom. The number of carbonyl (C=O) groups excluding carboxylic acids is 1. The zero-order chi connectivity index (χ0) is 34.7. The van der Waals surface area contributed by atoms with Crippen LogP contribution < -0.4 is 29.7 Å². The summed E-state index contributed by atoms with van der Waals surface area (Å²) >= 11 is 0. The molecule has 17 heteroatoms. The van der Waals surface area contributed by atoms with Gasteiger partial charge in [0, 0.05) is 62.7 Å². The maximum absolute atomic E-state index is 14.3. The van der Waals surface area contributed by atoms with Gasteiger partial charge in [0.15, 0.2) is 0 Å². The third-order valence-corrected chi connectivity index (χ3v) is 8.48. The van der Waals surface area contributed by atoms with Crippen molar-refractivity contribution in [3.8, 4) is 22.8 Å². The molecule has 0 fully saturated rings. The van der Waals surface area contributed by atoms with Crippen LogP contribution in [-0.4, -0.2) is 88.7 Å². The number of fused-ring (bicyclic) bond motifs is 1. The van der Waals surface area contributed by atoms with E-state index in [1.54, 1.807) is 12.1 Å². The molecule has 1 amide bonds. The maximum Gasteiger partial charge on any atom is 0.419 e. The summed E-state index contributed by atoms with van der Waals surface area (Å²) in [6.45, 7) is 4.79. The number of amides is 1. The molecular weight excluding hydrogens is 641 g/mol. The summed E-state index contributed by atoms with van der Waals surface area (Å²) in [5, 5.41) is 5.81. The van der Waals surface area contributed by atoms with E-state index in [0.29, 0.717) is 30.7 Å². The summed E-state index contributed by atoms with van der Waals surface area (Å²) in [6.07, 6.45) is -2.12. The summed E-state index contributed by atoms with van der Waals surface area (Å²) in [7, 11) is 5.47. The molecule has 4 aromatic rings. The van der Waals surface area contributed by atoms with Gasteiger partial charge in [-0.15, -0.1) is 0 Å². The molecule has 0 aliphatic carbocycles. The van der Waals surface area contributed by atoms with Crippen molar-refractivity contribution in [1.82, 2.24) is 23.6 Å². The van der Waals surface area contributed by atoms with Crippen molar-refractivity contribution in [2.24, 2.45) is 0 Å². The molecule has 0 saturated heterocycles. The number of halogens is 3. The number of benzene rings is 2. The smallest absolute Gasteiger partial charge is 0.419 e. The van der Waals surface area contributed by atoms with Gasteiger partial charge in [-0.25, -0.2) is 18.7 Å². The van der Waals surface area contributed by atoms with Crippen LogP contribution in [0.25, 0.3) is 22.2 Å². The van der Waals surface area contributed by atoms with Crippen LogP contribution in [0.4, 0.5) is 36.2 Å². The molecule has 0 saturated carbocycles. The third kappa shape index (κ3) is 7.58. The van der Waals surface area contributed by atoms with Crippen LogP contribution in [0.15, 0.2) is 55.4 Å². The van der Waals surface area contributed by atoms with E-state index in [1.807, 2.05) is 30.9 Å². The van der Waals surface area contributed by atoms with Gasteiger partial charge in [0.2, 0.25) is 11.9 Å². The first-order valence-corrected chi connectivity index (χ1v) is 15.4. The summed E-state index contributed by atoms with van der Waals surface area (Å²) in [5.74, 6) is -0.173. The second kappa shape index (κ2) is 13.9. The van der Waals surface area contributed by atoms with Crippen LogP contribution in [0.1, 0.15) is 5.56 Å². The molecule has 0 radical (unpaired) electrons. The fourth-order valence-corrected chi connectivity index (χ4v) is 5.52. The Kier molecular flexibility index (Phi) is 10.3. The highest BCUT2D eigenvalue weighted by molar-refractivity contribution is 7.88. The molecule has 0 spiro atoms. The monoisotopic (exact) mass is 676 g/mol. The van der Waals surface area contributed by atoms with E-state index in [1.165, 1.54) is 39.5 Å². The number of ether oxygens (including phenoxy) is 2. The second-order valence-corrected chi connectivity index (χ2v) is 12.2. The lowest BCUT2D eigenvalue weighted by Gasteiger charge is -2.26. The van der Waals surface area contributed by atoms with Crippen molar-refractivity contribution in [1.29, 1.82) is 0 Å². The Balaban J connectivity index is 1.90. The van der Waals surface area contributed by atoms with Crippen LogP contribution in [0, 0.1) is 0 Å². The van der Waals surface area contributed by atoms with Gasteiger partial charge in [-0.2, -0.15) is 21.6 Å². The van der Waals surface area contributed by atoms with Gasteiger partial charge in [0.05, 0.1) is 42.5 Å². The van der Waals surface area contributed by atoms with E-state index >= 15 is 0 Å². The van der Waals surface area contributed by atoms with Gasteiger partial charge in [-0.1, -0.05) is 6.58 Å². The Morgan fingerprint density at radius 3 is 2.40 bits per heavy atom. The first-order valence-electron chi connectivity index (χ1n) is 14.0. The number of hydrogen-bond donors (Lipinski definition) is 3. The van der Waals surface area contributed by atoms with Crippen molar-refractivity contribution < 1.29 is 35.9 Å². The summed E-state index contributed by atoms with van der Waals surface area (Å²) < 4.78 is 82.6.